The lowest BCUT2D eigenvalue weighted by Gasteiger charge is -2.08. The molecular weight excluding hydrogens is 162 g/mol. The van der Waals surface area contributed by atoms with E-state index in [1.165, 1.54) is 6.92 Å². The van der Waals surface area contributed by atoms with E-state index in [4.69, 9.17) is 15.9 Å². The van der Waals surface area contributed by atoms with Crippen molar-refractivity contribution in [1.82, 2.24) is 0 Å². The van der Waals surface area contributed by atoms with Crippen LogP contribution in [-0.2, 0) is 9.59 Å². The second-order valence-corrected chi connectivity index (χ2v) is 2.76. The Morgan fingerprint density at radius 1 is 1.25 bits per heavy atom. The first-order valence-corrected chi connectivity index (χ1v) is 3.66. The van der Waals surface area contributed by atoms with Crippen molar-refractivity contribution in [3.63, 3.8) is 0 Å². The quantitative estimate of drug-likeness (QED) is 0.541. The molecule has 0 radical (unpaired) electrons. The number of rotatable bonds is 5. The smallest absolute Gasteiger partial charge is 0.320 e. The van der Waals surface area contributed by atoms with Crippen LogP contribution >= 0.6 is 0 Å². The Kier molecular flexibility index (Phi) is 4.28. The van der Waals surface area contributed by atoms with Crippen LogP contribution in [0.5, 0.6) is 0 Å². The molecule has 0 spiro atoms. The maximum absolute atomic E-state index is 10.3. The summed E-state index contributed by atoms with van der Waals surface area (Å²) in [5.41, 5.74) is 5.17. The number of aliphatic carboxylic acids is 2. The highest BCUT2D eigenvalue weighted by atomic mass is 16.4. The number of hydrogen-bond donors (Lipinski definition) is 3. The number of carboxylic acids is 2. The predicted octanol–water partition coefficient (Wildman–Crippen LogP) is -0.101. The first kappa shape index (κ1) is 10.9. The molecule has 0 saturated heterocycles. The number of hydrogen-bond acceptors (Lipinski definition) is 3. The zero-order valence-electron chi connectivity index (χ0n) is 6.86. The molecule has 0 aliphatic carbocycles. The van der Waals surface area contributed by atoms with Crippen molar-refractivity contribution in [3.05, 3.63) is 0 Å². The standard InChI is InChI=1S/C7H13NO4/c1-4(6(9)10)2-3-5(8)7(11)12/h4-5H,2-3,8H2,1H3,(H,9,10)(H,11,12)/t4?,5-/m0/s1. The molecule has 5 nitrogen and oxygen atoms in total. The molecule has 0 aromatic rings. The third-order valence-electron chi connectivity index (χ3n) is 1.65. The molecule has 2 atom stereocenters. The van der Waals surface area contributed by atoms with Crippen LogP contribution in [0.3, 0.4) is 0 Å². The molecule has 0 aliphatic rings. The van der Waals surface area contributed by atoms with Gasteiger partial charge in [0.2, 0.25) is 0 Å². The van der Waals surface area contributed by atoms with Gasteiger partial charge in [-0.15, -0.1) is 0 Å². The largest absolute Gasteiger partial charge is 0.481 e. The van der Waals surface area contributed by atoms with Crippen molar-refractivity contribution in [2.45, 2.75) is 25.8 Å². The summed E-state index contributed by atoms with van der Waals surface area (Å²) in [4.78, 5) is 20.5. The van der Waals surface area contributed by atoms with E-state index in [9.17, 15) is 9.59 Å². The Hall–Kier alpha value is -1.10. The van der Waals surface area contributed by atoms with Crippen LogP contribution in [0.4, 0.5) is 0 Å². The van der Waals surface area contributed by atoms with Crippen LogP contribution in [0, 0.1) is 5.92 Å². The first-order chi connectivity index (χ1) is 5.45. The molecular formula is C7H13NO4. The average molecular weight is 175 g/mol. The zero-order valence-corrected chi connectivity index (χ0v) is 6.86. The van der Waals surface area contributed by atoms with E-state index in [1.807, 2.05) is 0 Å². The minimum Gasteiger partial charge on any atom is -0.481 e. The van der Waals surface area contributed by atoms with Gasteiger partial charge in [0.15, 0.2) is 0 Å². The molecule has 0 amide bonds. The summed E-state index contributed by atoms with van der Waals surface area (Å²) in [5, 5.41) is 16.8. The van der Waals surface area contributed by atoms with Crippen molar-refractivity contribution >= 4 is 11.9 Å². The molecule has 5 heteroatoms. The molecule has 70 valence electrons. The maximum atomic E-state index is 10.3. The fraction of sp³-hybridized carbons (Fsp3) is 0.714. The van der Waals surface area contributed by atoms with E-state index < -0.39 is 23.9 Å². The highest BCUT2D eigenvalue weighted by Gasteiger charge is 2.16. The summed E-state index contributed by atoms with van der Waals surface area (Å²) in [6, 6.07) is -0.952. The Bertz CT molecular complexity index is 160. The number of carboxylic acid groups (broad SMARTS) is 2. The molecule has 4 N–H and O–H groups in total. The summed E-state index contributed by atoms with van der Waals surface area (Å²) in [7, 11) is 0. The van der Waals surface area contributed by atoms with Gasteiger partial charge in [0, 0.05) is 0 Å². The minimum atomic E-state index is -1.09. The van der Waals surface area contributed by atoms with Crippen LogP contribution in [0.15, 0.2) is 0 Å². The molecule has 0 rings (SSSR count). The third-order valence-corrected chi connectivity index (χ3v) is 1.65. The van der Waals surface area contributed by atoms with Gasteiger partial charge >= 0.3 is 11.9 Å². The molecule has 0 aromatic heterocycles. The molecule has 1 unspecified atom stereocenters. The monoisotopic (exact) mass is 175 g/mol. The van der Waals surface area contributed by atoms with Crippen LogP contribution < -0.4 is 5.73 Å². The van der Waals surface area contributed by atoms with Gasteiger partial charge in [0.05, 0.1) is 5.92 Å². The van der Waals surface area contributed by atoms with E-state index >= 15 is 0 Å². The number of carbonyl (C=O) groups is 2. The summed E-state index contributed by atoms with van der Waals surface area (Å²) in [6.07, 6.45) is 0.492. The van der Waals surface area contributed by atoms with Gasteiger partial charge in [-0.05, 0) is 12.8 Å². The van der Waals surface area contributed by atoms with Gasteiger partial charge in [-0.25, -0.2) is 0 Å². The maximum Gasteiger partial charge on any atom is 0.320 e. The third kappa shape index (κ3) is 3.92. The molecule has 0 heterocycles. The fourth-order valence-electron chi connectivity index (χ4n) is 0.677. The van der Waals surface area contributed by atoms with E-state index in [2.05, 4.69) is 0 Å². The topological polar surface area (TPSA) is 101 Å². The van der Waals surface area contributed by atoms with Crippen molar-refractivity contribution in [2.24, 2.45) is 11.7 Å². The molecule has 0 aliphatic heterocycles. The molecule has 0 aromatic carbocycles. The average Bonchev–Trinajstić information content (AvgIpc) is 1.98. The van der Waals surface area contributed by atoms with Gasteiger partial charge in [-0.1, -0.05) is 6.92 Å². The molecule has 0 bridgehead atoms. The zero-order chi connectivity index (χ0) is 9.72. The Morgan fingerprint density at radius 2 is 1.75 bits per heavy atom. The second-order valence-electron chi connectivity index (χ2n) is 2.76. The SMILES string of the molecule is CC(CC[C@H](N)C(=O)O)C(=O)O. The Labute approximate surface area is 70.2 Å². The predicted molar refractivity (Wildman–Crippen MR) is 41.6 cm³/mol. The van der Waals surface area contributed by atoms with E-state index in [1.54, 1.807) is 0 Å². The molecule has 0 saturated carbocycles. The molecule has 0 fully saturated rings. The number of nitrogens with two attached hydrogens (primary N) is 1. The summed E-state index contributed by atoms with van der Waals surface area (Å²) < 4.78 is 0. The summed E-state index contributed by atoms with van der Waals surface area (Å²) in [5.74, 6) is -2.55. The van der Waals surface area contributed by atoms with Crippen molar-refractivity contribution in [1.29, 1.82) is 0 Å². The fourth-order valence-corrected chi connectivity index (χ4v) is 0.677. The highest BCUT2D eigenvalue weighted by Crippen LogP contribution is 2.06. The van der Waals surface area contributed by atoms with Crippen LogP contribution in [0.2, 0.25) is 0 Å². The summed E-state index contributed by atoms with van der Waals surface area (Å²) in [6.45, 7) is 1.52. The van der Waals surface area contributed by atoms with Crippen molar-refractivity contribution < 1.29 is 19.8 Å². The van der Waals surface area contributed by atoms with Gasteiger partial charge in [-0.2, -0.15) is 0 Å². The van der Waals surface area contributed by atoms with Crippen LogP contribution in [-0.4, -0.2) is 28.2 Å². The van der Waals surface area contributed by atoms with Gasteiger partial charge < -0.3 is 15.9 Å². The highest BCUT2D eigenvalue weighted by molar-refractivity contribution is 5.73. The molecule has 12 heavy (non-hydrogen) atoms. The van der Waals surface area contributed by atoms with E-state index in [0.29, 0.717) is 6.42 Å². The van der Waals surface area contributed by atoms with E-state index in [-0.39, 0.29) is 6.42 Å². The van der Waals surface area contributed by atoms with Gasteiger partial charge in [0.25, 0.3) is 0 Å². The lowest BCUT2D eigenvalue weighted by Crippen LogP contribution is -2.30. The normalized spacial score (nSPS) is 15.2. The minimum absolute atomic E-state index is 0.197. The Morgan fingerprint density at radius 3 is 2.08 bits per heavy atom. The van der Waals surface area contributed by atoms with Crippen molar-refractivity contribution in [3.8, 4) is 0 Å². The first-order valence-electron chi connectivity index (χ1n) is 3.66. The summed E-state index contributed by atoms with van der Waals surface area (Å²) >= 11 is 0. The van der Waals surface area contributed by atoms with Gasteiger partial charge in [0.1, 0.15) is 6.04 Å². The van der Waals surface area contributed by atoms with Crippen molar-refractivity contribution in [2.75, 3.05) is 0 Å². The van der Waals surface area contributed by atoms with Gasteiger partial charge in [-0.3, -0.25) is 9.59 Å². The van der Waals surface area contributed by atoms with Crippen LogP contribution in [0.1, 0.15) is 19.8 Å². The van der Waals surface area contributed by atoms with Crippen LogP contribution in [0.25, 0.3) is 0 Å². The second kappa shape index (κ2) is 4.71. The Balaban J connectivity index is 3.68. The van der Waals surface area contributed by atoms with E-state index in [0.717, 1.165) is 0 Å². The lowest BCUT2D eigenvalue weighted by molar-refractivity contribution is -0.143. The lowest BCUT2D eigenvalue weighted by atomic mass is 10.0.